The molecule has 114 valence electrons. The lowest BCUT2D eigenvalue weighted by Crippen LogP contribution is -2.10. The van der Waals surface area contributed by atoms with Crippen LogP contribution in [0.25, 0.3) is 0 Å². The van der Waals surface area contributed by atoms with Gasteiger partial charge in [-0.2, -0.15) is 0 Å². The largest absolute Gasteiger partial charge is 0.490 e. The van der Waals surface area contributed by atoms with Crippen molar-refractivity contribution in [3.63, 3.8) is 0 Å². The molecule has 0 fully saturated rings. The molecule has 0 bridgehead atoms. The minimum Gasteiger partial charge on any atom is -0.490 e. The average Bonchev–Trinajstić information content (AvgIpc) is 2.51. The average molecular weight is 384 g/mol. The topological polar surface area (TPSA) is 52.6 Å². The molecule has 0 spiro atoms. The first-order valence-electron chi connectivity index (χ1n) is 6.44. The molecule has 0 aromatic heterocycles. The van der Waals surface area contributed by atoms with Crippen LogP contribution in [0.1, 0.15) is 27.6 Å². The van der Waals surface area contributed by atoms with E-state index in [1.165, 1.54) is 6.07 Å². The summed E-state index contributed by atoms with van der Waals surface area (Å²) in [6.07, 6.45) is 0.693. The van der Waals surface area contributed by atoms with Gasteiger partial charge < -0.3 is 9.47 Å². The molecule has 2 aromatic carbocycles. The number of esters is 1. The van der Waals surface area contributed by atoms with Gasteiger partial charge in [-0.05, 0) is 59.3 Å². The van der Waals surface area contributed by atoms with E-state index in [4.69, 9.17) is 21.1 Å². The summed E-state index contributed by atoms with van der Waals surface area (Å²) in [7, 11) is 0. The van der Waals surface area contributed by atoms with Crippen LogP contribution < -0.4 is 9.47 Å². The van der Waals surface area contributed by atoms with Crippen molar-refractivity contribution in [1.82, 2.24) is 0 Å². The second kappa shape index (κ2) is 7.42. The quantitative estimate of drug-likeness (QED) is 0.432. The molecule has 0 aliphatic rings. The smallest absolute Gasteiger partial charge is 0.343 e. The molecule has 4 nitrogen and oxygen atoms in total. The van der Waals surface area contributed by atoms with Crippen LogP contribution in [0.2, 0.25) is 5.02 Å². The molecule has 0 heterocycles. The summed E-state index contributed by atoms with van der Waals surface area (Å²) in [5.41, 5.74) is 0.778. The van der Waals surface area contributed by atoms with Crippen LogP contribution in [0, 0.1) is 0 Å². The first-order valence-corrected chi connectivity index (χ1v) is 7.61. The van der Waals surface area contributed by atoms with Crippen molar-refractivity contribution < 1.29 is 19.1 Å². The fraction of sp³-hybridized carbons (Fsp3) is 0.125. The Kier molecular flexibility index (Phi) is 5.57. The van der Waals surface area contributed by atoms with E-state index >= 15 is 0 Å². The van der Waals surface area contributed by atoms with E-state index in [0.717, 1.165) is 0 Å². The molecule has 22 heavy (non-hydrogen) atoms. The van der Waals surface area contributed by atoms with Gasteiger partial charge in [-0.1, -0.05) is 11.6 Å². The Hall–Kier alpha value is -1.85. The fourth-order valence-corrected chi connectivity index (χ4v) is 2.42. The van der Waals surface area contributed by atoms with Crippen molar-refractivity contribution in [1.29, 1.82) is 0 Å². The van der Waals surface area contributed by atoms with Crippen molar-refractivity contribution in [2.75, 3.05) is 6.61 Å². The van der Waals surface area contributed by atoms with Gasteiger partial charge in [-0.25, -0.2) is 4.79 Å². The lowest BCUT2D eigenvalue weighted by Gasteiger charge is -2.13. The predicted molar refractivity (Wildman–Crippen MR) is 87.1 cm³/mol. The van der Waals surface area contributed by atoms with Gasteiger partial charge in [0.05, 0.1) is 16.6 Å². The normalized spacial score (nSPS) is 10.1. The van der Waals surface area contributed by atoms with E-state index in [-0.39, 0.29) is 5.75 Å². The van der Waals surface area contributed by atoms with Crippen LogP contribution in [-0.2, 0) is 0 Å². The fourth-order valence-electron chi connectivity index (χ4n) is 1.76. The monoisotopic (exact) mass is 382 g/mol. The van der Waals surface area contributed by atoms with Crippen molar-refractivity contribution in [3.8, 4) is 11.5 Å². The van der Waals surface area contributed by atoms with E-state index in [2.05, 4.69) is 15.9 Å². The molecule has 0 saturated heterocycles. The molecular weight excluding hydrogens is 372 g/mol. The lowest BCUT2D eigenvalue weighted by atomic mass is 10.2. The number of halogens is 2. The highest BCUT2D eigenvalue weighted by Gasteiger charge is 2.17. The molecule has 0 aliphatic heterocycles. The number of hydrogen-bond donors (Lipinski definition) is 0. The molecule has 0 atom stereocenters. The van der Waals surface area contributed by atoms with Gasteiger partial charge in [0, 0.05) is 10.6 Å². The SMILES string of the molecule is CCOc1cc(C=O)cc(Br)c1OC(=O)c1ccc(Cl)cc1. The van der Waals surface area contributed by atoms with E-state index in [0.29, 0.717) is 39.3 Å². The van der Waals surface area contributed by atoms with Crippen molar-refractivity contribution in [2.24, 2.45) is 0 Å². The van der Waals surface area contributed by atoms with Crippen molar-refractivity contribution >= 4 is 39.8 Å². The number of rotatable bonds is 5. The molecule has 0 aliphatic carbocycles. The highest BCUT2D eigenvalue weighted by Crippen LogP contribution is 2.37. The van der Waals surface area contributed by atoms with Gasteiger partial charge in [0.15, 0.2) is 11.5 Å². The Morgan fingerprint density at radius 2 is 1.95 bits per heavy atom. The minimum atomic E-state index is -0.544. The summed E-state index contributed by atoms with van der Waals surface area (Å²) in [5, 5.41) is 0.531. The molecule has 6 heteroatoms. The van der Waals surface area contributed by atoms with Crippen LogP contribution in [0.4, 0.5) is 0 Å². The Balaban J connectivity index is 2.33. The minimum absolute atomic E-state index is 0.229. The highest BCUT2D eigenvalue weighted by molar-refractivity contribution is 9.10. The maximum Gasteiger partial charge on any atom is 0.343 e. The number of carbonyl (C=O) groups excluding carboxylic acids is 2. The van der Waals surface area contributed by atoms with Crippen LogP contribution in [0.3, 0.4) is 0 Å². The molecule has 2 rings (SSSR count). The summed E-state index contributed by atoms with van der Waals surface area (Å²) >= 11 is 9.07. The highest BCUT2D eigenvalue weighted by atomic mass is 79.9. The van der Waals surface area contributed by atoms with Gasteiger partial charge >= 0.3 is 5.97 Å². The zero-order chi connectivity index (χ0) is 16.1. The third-order valence-corrected chi connectivity index (χ3v) is 3.58. The summed E-state index contributed by atoms with van der Waals surface area (Å²) in [4.78, 5) is 23.1. The zero-order valence-electron chi connectivity index (χ0n) is 11.6. The van der Waals surface area contributed by atoms with Crippen LogP contribution in [0.15, 0.2) is 40.9 Å². The molecule has 0 saturated carbocycles. The van der Waals surface area contributed by atoms with E-state index in [9.17, 15) is 9.59 Å². The number of ether oxygens (including phenoxy) is 2. The molecular formula is C16H12BrClO4. The second-order valence-corrected chi connectivity index (χ2v) is 5.57. The molecule has 2 aromatic rings. The third kappa shape index (κ3) is 3.87. The van der Waals surface area contributed by atoms with E-state index in [1.54, 1.807) is 37.3 Å². The Bertz CT molecular complexity index is 698. The zero-order valence-corrected chi connectivity index (χ0v) is 14.0. The first-order chi connectivity index (χ1) is 10.5. The Morgan fingerprint density at radius 3 is 2.55 bits per heavy atom. The number of aldehydes is 1. The second-order valence-electron chi connectivity index (χ2n) is 4.28. The Labute approximate surface area is 141 Å². The van der Waals surface area contributed by atoms with Crippen LogP contribution in [0.5, 0.6) is 11.5 Å². The summed E-state index contributed by atoms with van der Waals surface area (Å²) < 4.78 is 11.3. The summed E-state index contributed by atoms with van der Waals surface area (Å²) in [6, 6.07) is 9.42. The maximum absolute atomic E-state index is 12.2. The van der Waals surface area contributed by atoms with Crippen LogP contribution in [-0.4, -0.2) is 18.9 Å². The molecule has 0 amide bonds. The van der Waals surface area contributed by atoms with Gasteiger partial charge in [0.25, 0.3) is 0 Å². The first kappa shape index (κ1) is 16.5. The lowest BCUT2D eigenvalue weighted by molar-refractivity contribution is 0.0727. The molecule has 0 N–H and O–H groups in total. The van der Waals surface area contributed by atoms with Gasteiger partial charge in [-0.15, -0.1) is 0 Å². The number of hydrogen-bond acceptors (Lipinski definition) is 4. The molecule has 0 radical (unpaired) electrons. The summed E-state index contributed by atoms with van der Waals surface area (Å²) in [5.74, 6) is 0.00543. The number of benzene rings is 2. The van der Waals surface area contributed by atoms with E-state index in [1.807, 2.05) is 0 Å². The van der Waals surface area contributed by atoms with Crippen LogP contribution >= 0.6 is 27.5 Å². The van der Waals surface area contributed by atoms with Gasteiger partial charge in [0.2, 0.25) is 0 Å². The predicted octanol–water partition coefficient (Wildman–Crippen LogP) is 4.53. The maximum atomic E-state index is 12.2. The third-order valence-electron chi connectivity index (χ3n) is 2.74. The van der Waals surface area contributed by atoms with E-state index < -0.39 is 5.97 Å². The van der Waals surface area contributed by atoms with Crippen molar-refractivity contribution in [2.45, 2.75) is 6.92 Å². The molecule has 0 unspecified atom stereocenters. The van der Waals surface area contributed by atoms with Crippen molar-refractivity contribution in [3.05, 3.63) is 57.0 Å². The number of carbonyl (C=O) groups is 2. The summed E-state index contributed by atoms with van der Waals surface area (Å²) in [6.45, 7) is 2.17. The standard InChI is InChI=1S/C16H12BrClO4/c1-2-21-14-8-10(9-19)7-13(17)15(14)22-16(20)11-3-5-12(18)6-4-11/h3-9H,2H2,1H3. The van der Waals surface area contributed by atoms with Gasteiger partial charge in [0.1, 0.15) is 6.29 Å². The van der Waals surface area contributed by atoms with Gasteiger partial charge in [-0.3, -0.25) is 4.79 Å². The Morgan fingerprint density at radius 1 is 1.27 bits per heavy atom.